The van der Waals surface area contributed by atoms with Gasteiger partial charge in [0.25, 0.3) is 0 Å². The van der Waals surface area contributed by atoms with Gasteiger partial charge in [0, 0.05) is 12.1 Å². The minimum absolute atomic E-state index is 0.333. The molecule has 1 aromatic rings. The van der Waals surface area contributed by atoms with Crippen LogP contribution in [-0.4, -0.2) is 9.97 Å². The highest BCUT2D eigenvalue weighted by Gasteiger charge is 2.04. The summed E-state index contributed by atoms with van der Waals surface area (Å²) in [4.78, 5) is 8.68. The number of rotatable bonds is 4. The third kappa shape index (κ3) is 2.88. The highest BCUT2D eigenvalue weighted by atomic mass is 14.9. The normalized spacial score (nSPS) is 11.5. The van der Waals surface area contributed by atoms with Crippen molar-refractivity contribution >= 4 is 5.57 Å². The molecule has 0 amide bonds. The van der Waals surface area contributed by atoms with Crippen molar-refractivity contribution in [2.45, 2.75) is 19.8 Å². The zero-order chi connectivity index (χ0) is 11.3. The molecule has 0 spiro atoms. The van der Waals surface area contributed by atoms with Crippen LogP contribution in [0, 0.1) is 0 Å². The molecule has 0 atom stereocenters. The fourth-order valence-corrected chi connectivity index (χ4v) is 1.20. The molecule has 15 heavy (non-hydrogen) atoms. The summed E-state index contributed by atoms with van der Waals surface area (Å²) in [6.07, 6.45) is 7.17. The van der Waals surface area contributed by atoms with Crippen molar-refractivity contribution in [3.05, 3.63) is 55.2 Å². The number of hydrogen-bond donors (Lipinski definition) is 0. The van der Waals surface area contributed by atoms with Gasteiger partial charge in [-0.3, -0.25) is 0 Å². The van der Waals surface area contributed by atoms with Crippen molar-refractivity contribution in [2.24, 2.45) is 0 Å². The minimum Gasteiger partial charge on any atom is -0.241 e. The van der Waals surface area contributed by atoms with E-state index in [-0.39, 0.29) is 0 Å². The molecule has 0 saturated heterocycles. The van der Waals surface area contributed by atoms with E-state index in [1.165, 1.54) is 0 Å². The Labute approximate surface area is 91.1 Å². The maximum Gasteiger partial charge on any atom is 0.131 e. The van der Waals surface area contributed by atoms with Gasteiger partial charge >= 0.3 is 0 Å². The van der Waals surface area contributed by atoms with Crippen LogP contribution >= 0.6 is 0 Å². The fourth-order valence-electron chi connectivity index (χ4n) is 1.20. The molecule has 1 rings (SSSR count). The van der Waals surface area contributed by atoms with Crippen LogP contribution in [0.15, 0.2) is 43.6 Å². The maximum atomic E-state index is 4.46. The van der Waals surface area contributed by atoms with Gasteiger partial charge < -0.3 is 0 Å². The number of allylic oxidation sites excluding steroid dienone is 4. The highest BCUT2D eigenvalue weighted by molar-refractivity contribution is 5.72. The molecule has 0 fully saturated rings. The summed E-state index contributed by atoms with van der Waals surface area (Å²) in [6.45, 7) is 11.6. The lowest BCUT2D eigenvalue weighted by Crippen LogP contribution is -1.99. The summed E-state index contributed by atoms with van der Waals surface area (Å²) in [5, 5.41) is 0. The second kappa shape index (κ2) is 5.25. The molecule has 0 aromatic carbocycles. The molecule has 0 radical (unpaired) electrons. The van der Waals surface area contributed by atoms with E-state index >= 15 is 0 Å². The zero-order valence-electron chi connectivity index (χ0n) is 9.27. The van der Waals surface area contributed by atoms with E-state index in [2.05, 4.69) is 37.0 Å². The van der Waals surface area contributed by atoms with Crippen molar-refractivity contribution in [2.75, 3.05) is 0 Å². The molecule has 0 aliphatic rings. The predicted octanol–water partition coefficient (Wildman–Crippen LogP) is 3.36. The van der Waals surface area contributed by atoms with Crippen molar-refractivity contribution in [3.63, 3.8) is 0 Å². The van der Waals surface area contributed by atoms with Gasteiger partial charge in [-0.05, 0) is 11.6 Å². The highest BCUT2D eigenvalue weighted by Crippen LogP contribution is 2.15. The molecule has 1 aromatic heterocycles. The molecule has 78 valence electrons. The van der Waals surface area contributed by atoms with Crippen LogP contribution in [-0.2, 0) is 0 Å². The number of aromatic nitrogens is 2. The largest absolute Gasteiger partial charge is 0.241 e. The molecule has 0 unspecified atom stereocenters. The molecule has 0 bridgehead atoms. The van der Waals surface area contributed by atoms with Gasteiger partial charge in [0.1, 0.15) is 5.82 Å². The molecule has 0 aliphatic carbocycles. The second-order valence-electron chi connectivity index (χ2n) is 3.52. The lowest BCUT2D eigenvalue weighted by molar-refractivity contribution is 0.771. The van der Waals surface area contributed by atoms with E-state index < -0.39 is 0 Å². The van der Waals surface area contributed by atoms with Crippen molar-refractivity contribution < 1.29 is 0 Å². The summed E-state index contributed by atoms with van der Waals surface area (Å²) >= 11 is 0. The Kier molecular flexibility index (Phi) is 3.98. The molecule has 0 saturated carbocycles. The van der Waals surface area contributed by atoms with E-state index in [1.54, 1.807) is 18.3 Å². The molecule has 0 N–H and O–H groups in total. The Bertz CT molecular complexity index is 389. The summed E-state index contributed by atoms with van der Waals surface area (Å²) < 4.78 is 0. The predicted molar refractivity (Wildman–Crippen MR) is 64.5 cm³/mol. The van der Waals surface area contributed by atoms with E-state index in [0.29, 0.717) is 5.92 Å². The lowest BCUT2D eigenvalue weighted by atomic mass is 10.1. The Balaban J connectivity index is 3.14. The van der Waals surface area contributed by atoms with Crippen LogP contribution in [0.1, 0.15) is 31.3 Å². The monoisotopic (exact) mass is 200 g/mol. The zero-order valence-corrected chi connectivity index (χ0v) is 9.27. The van der Waals surface area contributed by atoms with Gasteiger partial charge in [0.2, 0.25) is 0 Å². The van der Waals surface area contributed by atoms with E-state index in [1.807, 2.05) is 12.1 Å². The quantitative estimate of drug-likeness (QED) is 0.696. The van der Waals surface area contributed by atoms with Gasteiger partial charge in [-0.25, -0.2) is 9.97 Å². The number of nitrogens with zero attached hydrogens (tertiary/aromatic N) is 2. The van der Waals surface area contributed by atoms with E-state index in [9.17, 15) is 0 Å². The average molecular weight is 200 g/mol. The third-order valence-corrected chi connectivity index (χ3v) is 2.00. The smallest absolute Gasteiger partial charge is 0.131 e. The van der Waals surface area contributed by atoms with Gasteiger partial charge in [-0.1, -0.05) is 45.2 Å². The average Bonchev–Trinajstić information content (AvgIpc) is 2.26. The first kappa shape index (κ1) is 11.4. The van der Waals surface area contributed by atoms with Crippen LogP contribution < -0.4 is 0 Å². The van der Waals surface area contributed by atoms with Crippen LogP contribution in [0.25, 0.3) is 5.57 Å². The number of hydrogen-bond acceptors (Lipinski definition) is 2. The van der Waals surface area contributed by atoms with Crippen LogP contribution in [0.3, 0.4) is 0 Å². The maximum absolute atomic E-state index is 4.46. The Morgan fingerprint density at radius 2 is 2.13 bits per heavy atom. The standard InChI is InChI=1S/C13H16N2/c1-5-7-11(6-2)12-8-9-14-13(15-12)10(3)4/h5-10H,1-2H2,3-4H3/b11-7+. The van der Waals surface area contributed by atoms with Crippen LogP contribution in [0.2, 0.25) is 0 Å². The summed E-state index contributed by atoms with van der Waals surface area (Å²) in [6, 6.07) is 1.88. The molecule has 2 nitrogen and oxygen atoms in total. The van der Waals surface area contributed by atoms with Crippen LogP contribution in [0.5, 0.6) is 0 Å². The summed E-state index contributed by atoms with van der Waals surface area (Å²) in [7, 11) is 0. The molecule has 2 heteroatoms. The van der Waals surface area contributed by atoms with Crippen molar-refractivity contribution in [1.29, 1.82) is 0 Å². The molecular weight excluding hydrogens is 184 g/mol. The second-order valence-corrected chi connectivity index (χ2v) is 3.52. The van der Waals surface area contributed by atoms with E-state index in [4.69, 9.17) is 0 Å². The first-order chi connectivity index (χ1) is 7.19. The van der Waals surface area contributed by atoms with Crippen molar-refractivity contribution in [3.8, 4) is 0 Å². The van der Waals surface area contributed by atoms with Gasteiger partial charge in [0.05, 0.1) is 5.69 Å². The Hall–Kier alpha value is -1.70. The molecule has 1 heterocycles. The first-order valence-corrected chi connectivity index (χ1v) is 4.97. The molecule has 0 aliphatic heterocycles. The summed E-state index contributed by atoms with van der Waals surface area (Å²) in [5.74, 6) is 1.18. The topological polar surface area (TPSA) is 25.8 Å². The molecular formula is C13H16N2. The van der Waals surface area contributed by atoms with Crippen LogP contribution in [0.4, 0.5) is 0 Å². The third-order valence-electron chi connectivity index (χ3n) is 2.00. The Morgan fingerprint density at radius 1 is 1.40 bits per heavy atom. The summed E-state index contributed by atoms with van der Waals surface area (Å²) in [5.41, 5.74) is 1.86. The van der Waals surface area contributed by atoms with Gasteiger partial charge in [-0.2, -0.15) is 0 Å². The van der Waals surface area contributed by atoms with E-state index in [0.717, 1.165) is 17.1 Å². The SMILES string of the molecule is C=C/C=C(\C=C)c1ccnc(C(C)C)n1. The van der Waals surface area contributed by atoms with Gasteiger partial charge in [0.15, 0.2) is 0 Å². The van der Waals surface area contributed by atoms with Gasteiger partial charge in [-0.15, -0.1) is 0 Å². The van der Waals surface area contributed by atoms with Crippen molar-refractivity contribution in [1.82, 2.24) is 9.97 Å². The fraction of sp³-hybridized carbons (Fsp3) is 0.231. The lowest BCUT2D eigenvalue weighted by Gasteiger charge is -2.06. The first-order valence-electron chi connectivity index (χ1n) is 4.97. The minimum atomic E-state index is 0.333. The Morgan fingerprint density at radius 3 is 2.67 bits per heavy atom.